The molecular formula is C11H22N2O3. The van der Waals surface area contributed by atoms with Gasteiger partial charge in [0.25, 0.3) is 0 Å². The first-order chi connectivity index (χ1) is 7.60. The molecule has 94 valence electrons. The molecule has 16 heavy (non-hydrogen) atoms. The predicted molar refractivity (Wildman–Crippen MR) is 61.3 cm³/mol. The summed E-state index contributed by atoms with van der Waals surface area (Å²) in [6.45, 7) is 5.72. The molecule has 3 N–H and O–H groups in total. The molecule has 1 saturated heterocycles. The quantitative estimate of drug-likeness (QED) is 0.710. The van der Waals surface area contributed by atoms with E-state index in [-0.39, 0.29) is 12.1 Å². The Morgan fingerprint density at radius 1 is 1.69 bits per heavy atom. The van der Waals surface area contributed by atoms with Crippen LogP contribution >= 0.6 is 0 Å². The van der Waals surface area contributed by atoms with E-state index in [0.29, 0.717) is 26.1 Å². The number of rotatable bonds is 5. The van der Waals surface area contributed by atoms with Gasteiger partial charge in [0, 0.05) is 12.6 Å². The number of ether oxygens (including phenoxy) is 1. The number of hydrogen-bond acceptors (Lipinski definition) is 4. The molecule has 0 aromatic heterocycles. The van der Waals surface area contributed by atoms with Crippen LogP contribution in [0, 0.1) is 0 Å². The molecule has 0 aromatic carbocycles. The van der Waals surface area contributed by atoms with Gasteiger partial charge in [-0.2, -0.15) is 0 Å². The minimum atomic E-state index is -0.780. The smallest absolute Gasteiger partial charge is 0.320 e. The van der Waals surface area contributed by atoms with Gasteiger partial charge in [0.05, 0.1) is 12.7 Å². The van der Waals surface area contributed by atoms with Crippen molar-refractivity contribution in [2.24, 2.45) is 5.73 Å². The highest BCUT2D eigenvalue weighted by atomic mass is 16.5. The van der Waals surface area contributed by atoms with Gasteiger partial charge in [-0.05, 0) is 26.3 Å². The van der Waals surface area contributed by atoms with E-state index in [1.54, 1.807) is 0 Å². The van der Waals surface area contributed by atoms with Crippen molar-refractivity contribution in [3.8, 4) is 0 Å². The third-order valence-corrected chi connectivity index (χ3v) is 3.11. The lowest BCUT2D eigenvalue weighted by Gasteiger charge is -2.41. The maximum Gasteiger partial charge on any atom is 0.320 e. The van der Waals surface area contributed by atoms with Crippen molar-refractivity contribution in [1.29, 1.82) is 0 Å². The van der Waals surface area contributed by atoms with Crippen LogP contribution in [0.3, 0.4) is 0 Å². The number of carbonyl (C=O) groups is 1. The molecule has 1 fully saturated rings. The third-order valence-electron chi connectivity index (χ3n) is 3.11. The van der Waals surface area contributed by atoms with Crippen molar-refractivity contribution in [3.05, 3.63) is 0 Å². The average molecular weight is 230 g/mol. The molecule has 0 aromatic rings. The second-order valence-corrected chi connectivity index (χ2v) is 4.33. The van der Waals surface area contributed by atoms with Crippen LogP contribution in [-0.2, 0) is 9.53 Å². The van der Waals surface area contributed by atoms with Crippen LogP contribution < -0.4 is 5.73 Å². The van der Waals surface area contributed by atoms with Gasteiger partial charge in [0.15, 0.2) is 0 Å². The summed E-state index contributed by atoms with van der Waals surface area (Å²) in [7, 11) is 0. The molecule has 5 nitrogen and oxygen atoms in total. The summed E-state index contributed by atoms with van der Waals surface area (Å²) < 4.78 is 5.55. The number of nitrogens with zero attached hydrogens (tertiary/aromatic N) is 1. The van der Waals surface area contributed by atoms with E-state index in [4.69, 9.17) is 10.5 Å². The lowest BCUT2D eigenvalue weighted by Crippen LogP contribution is -2.56. The van der Waals surface area contributed by atoms with Crippen molar-refractivity contribution in [2.45, 2.75) is 44.9 Å². The Hall–Kier alpha value is -0.650. The second kappa shape index (κ2) is 6.18. The Kier molecular flexibility index (Phi) is 5.18. The zero-order valence-corrected chi connectivity index (χ0v) is 10.1. The fraction of sp³-hybridized carbons (Fsp3) is 0.909. The lowest BCUT2D eigenvalue weighted by atomic mass is 10.0. The maximum absolute atomic E-state index is 11.2. The van der Waals surface area contributed by atoms with Crippen LogP contribution in [0.1, 0.15) is 26.7 Å². The molecule has 0 amide bonds. The van der Waals surface area contributed by atoms with Gasteiger partial charge in [-0.25, -0.2) is 0 Å². The lowest BCUT2D eigenvalue weighted by molar-refractivity contribution is -0.150. The van der Waals surface area contributed by atoms with E-state index >= 15 is 0 Å². The minimum Gasteiger partial charge on any atom is -0.480 e. The fourth-order valence-corrected chi connectivity index (χ4v) is 2.19. The molecule has 1 heterocycles. The molecule has 0 saturated carbocycles. The molecule has 0 bridgehead atoms. The number of carboxylic acid groups (broad SMARTS) is 1. The standard InChI is InChI=1S/C11H22N2O3/c1-3-9-7-16-8(2)6-13(9)10(4-5-12)11(14)15/h8-10H,3-7,12H2,1-2H3,(H,14,15). The first-order valence-corrected chi connectivity index (χ1v) is 5.90. The number of nitrogens with two attached hydrogens (primary N) is 1. The normalized spacial score (nSPS) is 28.9. The number of morpholine rings is 1. The molecule has 3 atom stereocenters. The molecule has 0 radical (unpaired) electrons. The average Bonchev–Trinajstić information content (AvgIpc) is 2.25. The minimum absolute atomic E-state index is 0.0995. The first-order valence-electron chi connectivity index (χ1n) is 5.90. The van der Waals surface area contributed by atoms with Crippen molar-refractivity contribution in [2.75, 3.05) is 19.7 Å². The summed E-state index contributed by atoms with van der Waals surface area (Å²) in [5, 5.41) is 9.22. The number of carboxylic acids is 1. The van der Waals surface area contributed by atoms with Gasteiger partial charge < -0.3 is 15.6 Å². The van der Waals surface area contributed by atoms with E-state index < -0.39 is 12.0 Å². The van der Waals surface area contributed by atoms with Crippen LogP contribution in [0.25, 0.3) is 0 Å². The maximum atomic E-state index is 11.2. The molecule has 3 unspecified atom stereocenters. The SMILES string of the molecule is CCC1COC(C)CN1C(CCN)C(=O)O. The van der Waals surface area contributed by atoms with Crippen LogP contribution in [0.2, 0.25) is 0 Å². The monoisotopic (exact) mass is 230 g/mol. The van der Waals surface area contributed by atoms with E-state index in [0.717, 1.165) is 6.42 Å². The summed E-state index contributed by atoms with van der Waals surface area (Å²) in [6, 6.07) is -0.273. The van der Waals surface area contributed by atoms with E-state index in [1.165, 1.54) is 0 Å². The first kappa shape index (κ1) is 13.4. The molecule has 0 spiro atoms. The van der Waals surface area contributed by atoms with Crippen molar-refractivity contribution in [1.82, 2.24) is 4.90 Å². The zero-order valence-electron chi connectivity index (χ0n) is 10.1. The summed E-state index contributed by atoms with van der Waals surface area (Å²) in [4.78, 5) is 13.2. The second-order valence-electron chi connectivity index (χ2n) is 4.33. The van der Waals surface area contributed by atoms with Crippen molar-refractivity contribution >= 4 is 5.97 Å². The third kappa shape index (κ3) is 3.17. The van der Waals surface area contributed by atoms with Gasteiger partial charge >= 0.3 is 5.97 Å². The molecule has 5 heteroatoms. The van der Waals surface area contributed by atoms with Crippen LogP contribution in [0.5, 0.6) is 0 Å². The predicted octanol–water partition coefficient (Wildman–Crippen LogP) is 0.288. The van der Waals surface area contributed by atoms with Gasteiger partial charge in [0.2, 0.25) is 0 Å². The van der Waals surface area contributed by atoms with Gasteiger partial charge in [-0.3, -0.25) is 9.69 Å². The fourth-order valence-electron chi connectivity index (χ4n) is 2.19. The Morgan fingerprint density at radius 2 is 2.38 bits per heavy atom. The van der Waals surface area contributed by atoms with Gasteiger partial charge in [-0.1, -0.05) is 6.92 Å². The van der Waals surface area contributed by atoms with Crippen molar-refractivity contribution in [3.63, 3.8) is 0 Å². The summed E-state index contributed by atoms with van der Waals surface area (Å²) in [5.41, 5.74) is 5.47. The summed E-state index contributed by atoms with van der Waals surface area (Å²) in [5.74, 6) is -0.780. The van der Waals surface area contributed by atoms with Crippen LogP contribution in [0.15, 0.2) is 0 Å². The van der Waals surface area contributed by atoms with E-state index in [1.807, 2.05) is 11.8 Å². The highest BCUT2D eigenvalue weighted by Gasteiger charge is 2.34. The van der Waals surface area contributed by atoms with E-state index in [9.17, 15) is 9.90 Å². The van der Waals surface area contributed by atoms with E-state index in [2.05, 4.69) is 6.92 Å². The van der Waals surface area contributed by atoms with Gasteiger partial charge in [-0.15, -0.1) is 0 Å². The molecular weight excluding hydrogens is 208 g/mol. The molecule has 1 aliphatic heterocycles. The number of hydrogen-bond donors (Lipinski definition) is 2. The summed E-state index contributed by atoms with van der Waals surface area (Å²) in [6.07, 6.45) is 1.50. The number of aliphatic carboxylic acids is 1. The highest BCUT2D eigenvalue weighted by molar-refractivity contribution is 5.73. The molecule has 1 rings (SSSR count). The van der Waals surface area contributed by atoms with Crippen LogP contribution in [0.4, 0.5) is 0 Å². The van der Waals surface area contributed by atoms with Crippen molar-refractivity contribution < 1.29 is 14.6 Å². The largest absolute Gasteiger partial charge is 0.480 e. The molecule has 1 aliphatic rings. The van der Waals surface area contributed by atoms with Crippen LogP contribution in [-0.4, -0.2) is 53.9 Å². The molecule has 0 aliphatic carbocycles. The van der Waals surface area contributed by atoms with Gasteiger partial charge in [0.1, 0.15) is 6.04 Å². The Balaban J connectivity index is 2.73. The Bertz CT molecular complexity index is 235. The Labute approximate surface area is 96.6 Å². The Morgan fingerprint density at radius 3 is 2.88 bits per heavy atom. The zero-order chi connectivity index (χ0) is 12.1. The highest BCUT2D eigenvalue weighted by Crippen LogP contribution is 2.19. The topological polar surface area (TPSA) is 75.8 Å². The summed E-state index contributed by atoms with van der Waals surface area (Å²) >= 11 is 0.